The number of hydrazine groups is 1. The Morgan fingerprint density at radius 1 is 1.12 bits per heavy atom. The first kappa shape index (κ1) is 22.7. The summed E-state index contributed by atoms with van der Waals surface area (Å²) in [7, 11) is 0. The number of aromatic nitrogens is 4. The Hall–Kier alpha value is -3.44. The number of benzene rings is 2. The number of carbonyl (C=O) groups excluding carboxylic acids is 1. The molecule has 170 valence electrons. The lowest BCUT2D eigenvalue weighted by Gasteiger charge is -2.17. The van der Waals surface area contributed by atoms with E-state index in [4.69, 9.17) is 5.84 Å². The van der Waals surface area contributed by atoms with Crippen molar-refractivity contribution in [3.05, 3.63) is 75.7 Å². The van der Waals surface area contributed by atoms with Crippen molar-refractivity contribution < 1.29 is 4.79 Å². The van der Waals surface area contributed by atoms with E-state index in [0.29, 0.717) is 5.56 Å². The lowest BCUT2D eigenvalue weighted by atomic mass is 9.93. The van der Waals surface area contributed by atoms with Crippen LogP contribution in [0.4, 0.5) is 5.95 Å². The number of nitrogen functional groups attached to an aromatic ring is 1. The molecule has 4 N–H and O–H groups in total. The van der Waals surface area contributed by atoms with Crippen LogP contribution < -0.4 is 22.3 Å². The maximum atomic E-state index is 12.5. The van der Waals surface area contributed by atoms with Gasteiger partial charge in [-0.25, -0.2) is 4.98 Å². The van der Waals surface area contributed by atoms with E-state index in [-0.39, 0.29) is 11.6 Å². The zero-order valence-electron chi connectivity index (χ0n) is 18.3. The number of carbonyl (C=O) groups is 1. The van der Waals surface area contributed by atoms with E-state index in [1.807, 2.05) is 51.1 Å². The molecule has 2 aromatic heterocycles. The molecule has 11 heteroatoms. The molecule has 0 atom stereocenters. The summed E-state index contributed by atoms with van der Waals surface area (Å²) < 4.78 is 3.00. The Morgan fingerprint density at radius 2 is 1.85 bits per heavy atom. The van der Waals surface area contributed by atoms with E-state index < -0.39 is 16.9 Å². The summed E-state index contributed by atoms with van der Waals surface area (Å²) in [5.74, 6) is 6.10. The molecule has 0 radical (unpaired) electrons. The Balaban J connectivity index is 1.35. The third-order valence-electron chi connectivity index (χ3n) is 4.75. The van der Waals surface area contributed by atoms with Crippen molar-refractivity contribution in [1.82, 2.24) is 25.3 Å². The van der Waals surface area contributed by atoms with Crippen LogP contribution in [-0.4, -0.2) is 25.8 Å². The molecule has 0 aliphatic rings. The number of amides is 1. The normalized spacial score (nSPS) is 11.5. The van der Waals surface area contributed by atoms with Crippen molar-refractivity contribution in [3.8, 4) is 0 Å². The molecular weight excluding hydrogens is 458 g/mol. The first-order valence-corrected chi connectivity index (χ1v) is 11.9. The van der Waals surface area contributed by atoms with Crippen LogP contribution in [-0.2, 0) is 11.2 Å². The van der Waals surface area contributed by atoms with Crippen LogP contribution in [0.3, 0.4) is 0 Å². The van der Waals surface area contributed by atoms with Gasteiger partial charge in [0.25, 0.3) is 17.4 Å². The Labute approximate surface area is 198 Å². The van der Waals surface area contributed by atoms with E-state index in [1.165, 1.54) is 4.70 Å². The van der Waals surface area contributed by atoms with Crippen LogP contribution in [0.1, 0.15) is 42.4 Å². The van der Waals surface area contributed by atoms with Crippen LogP contribution in [0.15, 0.2) is 57.7 Å². The molecule has 0 saturated carbocycles. The summed E-state index contributed by atoms with van der Waals surface area (Å²) in [6.45, 7) is 5.53. The fraction of sp³-hybridized carbons (Fsp3) is 0.227. The zero-order chi connectivity index (χ0) is 23.6. The second-order valence-electron chi connectivity index (χ2n) is 8.31. The molecule has 4 rings (SSSR count). The monoisotopic (exact) mass is 481 g/mol. The predicted octanol–water partition coefficient (Wildman–Crippen LogP) is 3.31. The number of anilines is 1. The molecule has 9 nitrogen and oxygen atoms in total. The molecule has 1 amide bonds. The number of hydrogen-bond acceptors (Lipinski definition) is 9. The van der Waals surface area contributed by atoms with Gasteiger partial charge in [0.2, 0.25) is 0 Å². The summed E-state index contributed by atoms with van der Waals surface area (Å²) in [4.78, 5) is 29.5. The molecule has 0 bridgehead atoms. The number of nitrogens with two attached hydrogens (primary N) is 1. The highest BCUT2D eigenvalue weighted by atomic mass is 32.2. The Kier molecular flexibility index (Phi) is 6.34. The highest BCUT2D eigenvalue weighted by Crippen LogP contribution is 2.31. The zero-order valence-corrected chi connectivity index (χ0v) is 20.0. The molecule has 33 heavy (non-hydrogen) atoms. The van der Waals surface area contributed by atoms with Gasteiger partial charge in [0.15, 0.2) is 4.34 Å². The van der Waals surface area contributed by atoms with Gasteiger partial charge >= 0.3 is 0 Å². The highest BCUT2D eigenvalue weighted by Gasteiger charge is 2.23. The maximum Gasteiger partial charge on any atom is 0.295 e. The summed E-state index contributed by atoms with van der Waals surface area (Å²) in [6.07, 6.45) is 0. The molecule has 2 aromatic carbocycles. The number of rotatable bonds is 6. The topological polar surface area (TPSA) is 128 Å². The van der Waals surface area contributed by atoms with Gasteiger partial charge in [-0.05, 0) is 29.8 Å². The van der Waals surface area contributed by atoms with Gasteiger partial charge in [-0.1, -0.05) is 56.8 Å². The SMILES string of the molecule is CC(C)(C)c1nnc(NNC(=O)c2ccc(CSc3nc4ccccc4s3)cc2)n(N)c1=O. The van der Waals surface area contributed by atoms with E-state index >= 15 is 0 Å². The number of thiazole rings is 1. The number of nitrogens with zero attached hydrogens (tertiary/aromatic N) is 4. The molecule has 0 unspecified atom stereocenters. The van der Waals surface area contributed by atoms with Gasteiger partial charge in [-0.15, -0.1) is 21.5 Å². The van der Waals surface area contributed by atoms with Crippen molar-refractivity contribution in [3.63, 3.8) is 0 Å². The smallest absolute Gasteiger partial charge is 0.295 e. The second-order valence-corrected chi connectivity index (χ2v) is 10.6. The van der Waals surface area contributed by atoms with Gasteiger partial charge in [-0.2, -0.15) is 4.68 Å². The van der Waals surface area contributed by atoms with E-state index in [0.717, 1.165) is 25.8 Å². The van der Waals surface area contributed by atoms with Gasteiger partial charge < -0.3 is 5.84 Å². The van der Waals surface area contributed by atoms with Crippen molar-refractivity contribution in [2.24, 2.45) is 0 Å². The molecule has 4 aromatic rings. The van der Waals surface area contributed by atoms with E-state index in [9.17, 15) is 9.59 Å². The van der Waals surface area contributed by atoms with Crippen LogP contribution in [0.2, 0.25) is 0 Å². The quantitative estimate of drug-likeness (QED) is 0.217. The minimum atomic E-state index is -0.500. The fourth-order valence-corrected chi connectivity index (χ4v) is 4.97. The van der Waals surface area contributed by atoms with Crippen molar-refractivity contribution in [1.29, 1.82) is 0 Å². The second kappa shape index (κ2) is 9.20. The number of nitrogens with one attached hydrogen (secondary N) is 2. The molecular formula is C22H23N7O2S2. The molecule has 0 saturated heterocycles. The maximum absolute atomic E-state index is 12.5. The Bertz CT molecular complexity index is 1320. The average Bonchev–Trinajstić information content (AvgIpc) is 3.21. The number of hydrogen-bond donors (Lipinski definition) is 3. The summed E-state index contributed by atoms with van der Waals surface area (Å²) in [6, 6.07) is 15.3. The molecule has 0 aliphatic heterocycles. The van der Waals surface area contributed by atoms with Crippen LogP contribution in [0, 0.1) is 0 Å². The minimum Gasteiger partial charge on any atom is -0.333 e. The molecule has 2 heterocycles. The van der Waals surface area contributed by atoms with Gasteiger partial charge in [0.05, 0.1) is 10.2 Å². The van der Waals surface area contributed by atoms with E-state index in [2.05, 4.69) is 32.1 Å². The lowest BCUT2D eigenvalue weighted by molar-refractivity contribution is 0.0962. The average molecular weight is 482 g/mol. The number of thioether (sulfide) groups is 1. The van der Waals surface area contributed by atoms with Crippen molar-refractivity contribution in [2.75, 3.05) is 11.3 Å². The third kappa shape index (κ3) is 5.15. The standard InChI is InChI=1S/C22H23N7O2S2/c1-22(2,3)17-19(31)29(23)20(27-25-17)28-26-18(30)14-10-8-13(9-11-14)12-32-21-24-15-6-4-5-7-16(15)33-21/h4-11H,12,23H2,1-3H3,(H,26,30)(H,27,28). The van der Waals surface area contributed by atoms with E-state index in [1.54, 1.807) is 35.2 Å². The number of para-hydroxylation sites is 1. The van der Waals surface area contributed by atoms with Crippen molar-refractivity contribution >= 4 is 45.2 Å². The highest BCUT2D eigenvalue weighted by molar-refractivity contribution is 8.00. The summed E-state index contributed by atoms with van der Waals surface area (Å²) >= 11 is 3.33. The van der Waals surface area contributed by atoms with Crippen LogP contribution >= 0.6 is 23.1 Å². The van der Waals surface area contributed by atoms with Crippen LogP contribution in [0.5, 0.6) is 0 Å². The Morgan fingerprint density at radius 3 is 2.55 bits per heavy atom. The van der Waals surface area contributed by atoms with Gasteiger partial charge in [0.1, 0.15) is 5.69 Å². The first-order chi connectivity index (χ1) is 15.7. The minimum absolute atomic E-state index is 0.0646. The first-order valence-electron chi connectivity index (χ1n) is 10.1. The lowest BCUT2D eigenvalue weighted by Crippen LogP contribution is -2.41. The molecule has 0 spiro atoms. The fourth-order valence-electron chi connectivity index (χ4n) is 2.95. The predicted molar refractivity (Wildman–Crippen MR) is 132 cm³/mol. The summed E-state index contributed by atoms with van der Waals surface area (Å²) in [5, 5.41) is 7.86. The van der Waals surface area contributed by atoms with Crippen LogP contribution in [0.25, 0.3) is 10.2 Å². The van der Waals surface area contributed by atoms with Gasteiger partial charge in [0, 0.05) is 16.7 Å². The third-order valence-corrected chi connectivity index (χ3v) is 7.00. The number of fused-ring (bicyclic) bond motifs is 1. The van der Waals surface area contributed by atoms with Crippen molar-refractivity contribution in [2.45, 2.75) is 36.3 Å². The van der Waals surface area contributed by atoms with Gasteiger partial charge in [-0.3, -0.25) is 20.4 Å². The summed E-state index contributed by atoms with van der Waals surface area (Å²) in [5.41, 5.74) is 6.83. The molecule has 0 aliphatic carbocycles. The largest absolute Gasteiger partial charge is 0.333 e. The molecule has 0 fully saturated rings.